The molecule has 0 unspecified atom stereocenters. The summed E-state index contributed by atoms with van der Waals surface area (Å²) in [5.74, 6) is 0. The van der Waals surface area contributed by atoms with E-state index in [4.69, 9.17) is 11.6 Å². The lowest BCUT2D eigenvalue weighted by molar-refractivity contribution is 1.60. The van der Waals surface area contributed by atoms with Crippen LogP contribution < -0.4 is 15.1 Å². The molecular weight excluding hydrogens is 226 g/mol. The van der Waals surface area contributed by atoms with Gasteiger partial charge in [0.2, 0.25) is 0 Å². The molecule has 15 heavy (non-hydrogen) atoms. The molecular formula is C12H8ClNS. The summed E-state index contributed by atoms with van der Waals surface area (Å²) < 4.78 is 1.28. The maximum Gasteiger partial charge on any atom is 0.0469 e. The van der Waals surface area contributed by atoms with E-state index in [2.05, 4.69) is 22.8 Å². The Labute approximate surface area is 96.3 Å². The molecule has 0 atom stereocenters. The molecule has 0 spiro atoms. The highest BCUT2D eigenvalue weighted by molar-refractivity contribution is 7.07. The van der Waals surface area contributed by atoms with E-state index in [1.165, 1.54) is 15.3 Å². The van der Waals surface area contributed by atoms with Gasteiger partial charge in [-0.2, -0.15) is 0 Å². The quantitative estimate of drug-likeness (QED) is 0.737. The van der Waals surface area contributed by atoms with Crippen molar-refractivity contribution in [2.24, 2.45) is 0 Å². The normalized spacial score (nSPS) is 12.6. The highest BCUT2D eigenvalue weighted by Gasteiger charge is 2.03. The van der Waals surface area contributed by atoms with Crippen LogP contribution in [0, 0.1) is 0 Å². The van der Waals surface area contributed by atoms with E-state index >= 15 is 0 Å². The van der Waals surface area contributed by atoms with Crippen molar-refractivity contribution in [3.8, 4) is 0 Å². The third kappa shape index (κ3) is 1.56. The summed E-state index contributed by atoms with van der Waals surface area (Å²) in [4.78, 5) is 0. The van der Waals surface area contributed by atoms with Gasteiger partial charge in [-0.25, -0.2) is 0 Å². The van der Waals surface area contributed by atoms with E-state index < -0.39 is 0 Å². The number of halogens is 1. The highest BCUT2D eigenvalue weighted by Crippen LogP contribution is 2.22. The van der Waals surface area contributed by atoms with Gasteiger partial charge in [0.25, 0.3) is 0 Å². The molecule has 0 bridgehead atoms. The molecule has 0 saturated carbocycles. The molecule has 1 aromatic carbocycles. The SMILES string of the molecule is Clc1ccc2c(c1)NC=c1ccsc1=C2. The molecule has 1 aliphatic rings. The Hall–Kier alpha value is -1.25. The van der Waals surface area contributed by atoms with Crippen molar-refractivity contribution >= 4 is 40.9 Å². The molecule has 2 heterocycles. The summed E-state index contributed by atoms with van der Waals surface area (Å²) in [6.45, 7) is 0. The molecule has 1 N–H and O–H groups in total. The standard InChI is InChI=1S/C12H8ClNS/c13-10-2-1-8-5-12-9(3-4-15-12)7-14-11(8)6-10/h1-7,14H. The molecule has 1 aromatic heterocycles. The van der Waals surface area contributed by atoms with Crippen molar-refractivity contribution < 1.29 is 0 Å². The predicted octanol–water partition coefficient (Wildman–Crippen LogP) is 2.39. The molecule has 1 aliphatic heterocycles. The van der Waals surface area contributed by atoms with Crippen molar-refractivity contribution in [3.05, 3.63) is 50.0 Å². The molecule has 0 aliphatic carbocycles. The molecule has 1 nitrogen and oxygen atoms in total. The van der Waals surface area contributed by atoms with E-state index in [-0.39, 0.29) is 0 Å². The summed E-state index contributed by atoms with van der Waals surface area (Å²) in [6.07, 6.45) is 4.20. The lowest BCUT2D eigenvalue weighted by Gasteiger charge is -2.04. The largest absolute Gasteiger partial charge is 0.361 e. The number of rotatable bonds is 0. The number of anilines is 1. The molecule has 3 rings (SSSR count). The van der Waals surface area contributed by atoms with Gasteiger partial charge in [0.05, 0.1) is 0 Å². The number of hydrogen-bond acceptors (Lipinski definition) is 2. The van der Waals surface area contributed by atoms with Crippen LogP contribution in [0.4, 0.5) is 5.69 Å². The second-order valence-corrected chi connectivity index (χ2v) is 4.79. The first-order valence-corrected chi connectivity index (χ1v) is 5.90. The minimum absolute atomic E-state index is 0.758. The molecule has 2 aromatic rings. The first kappa shape index (κ1) is 9.01. The summed E-state index contributed by atoms with van der Waals surface area (Å²) >= 11 is 7.70. The Bertz CT molecular complexity index is 627. The fourth-order valence-corrected chi connectivity index (χ4v) is 2.63. The minimum Gasteiger partial charge on any atom is -0.361 e. The predicted molar refractivity (Wildman–Crippen MR) is 66.7 cm³/mol. The molecule has 0 saturated heterocycles. The zero-order valence-electron chi connectivity index (χ0n) is 7.83. The van der Waals surface area contributed by atoms with E-state index in [1.807, 2.05) is 24.4 Å². The number of nitrogens with one attached hydrogen (secondary N) is 1. The number of hydrogen-bond donors (Lipinski definition) is 1. The van der Waals surface area contributed by atoms with Crippen molar-refractivity contribution in [3.63, 3.8) is 0 Å². The first-order chi connectivity index (χ1) is 7.33. The van der Waals surface area contributed by atoms with E-state index in [0.29, 0.717) is 0 Å². The second kappa shape index (κ2) is 3.40. The topological polar surface area (TPSA) is 12.0 Å². The zero-order valence-corrected chi connectivity index (χ0v) is 9.40. The fraction of sp³-hybridized carbons (Fsp3) is 0. The highest BCUT2D eigenvalue weighted by atomic mass is 35.5. The van der Waals surface area contributed by atoms with E-state index in [0.717, 1.165) is 10.7 Å². The van der Waals surface area contributed by atoms with Gasteiger partial charge in [0.1, 0.15) is 0 Å². The minimum atomic E-state index is 0.758. The Morgan fingerprint density at radius 2 is 2.13 bits per heavy atom. The lowest BCUT2D eigenvalue weighted by atomic mass is 10.2. The van der Waals surface area contributed by atoms with Crippen LogP contribution in [0.1, 0.15) is 5.56 Å². The molecule has 3 heteroatoms. The third-order valence-electron chi connectivity index (χ3n) is 2.41. The molecule has 0 fully saturated rings. The van der Waals surface area contributed by atoms with Crippen LogP contribution in [0.15, 0.2) is 29.6 Å². The summed E-state index contributed by atoms with van der Waals surface area (Å²) in [7, 11) is 0. The average molecular weight is 234 g/mol. The van der Waals surface area contributed by atoms with Gasteiger partial charge in [-0.3, -0.25) is 0 Å². The van der Waals surface area contributed by atoms with Crippen molar-refractivity contribution in [2.75, 3.05) is 5.32 Å². The van der Waals surface area contributed by atoms with Crippen LogP contribution in [0.3, 0.4) is 0 Å². The molecule has 0 amide bonds. The average Bonchev–Trinajstić information content (AvgIpc) is 2.59. The molecule has 74 valence electrons. The van der Waals surface area contributed by atoms with Gasteiger partial charge in [0.15, 0.2) is 0 Å². The Morgan fingerprint density at radius 3 is 3.07 bits per heavy atom. The number of benzene rings is 1. The maximum absolute atomic E-state index is 5.95. The Kier molecular flexibility index (Phi) is 2.04. The van der Waals surface area contributed by atoms with Gasteiger partial charge in [-0.1, -0.05) is 17.7 Å². The van der Waals surface area contributed by atoms with Crippen LogP contribution in [0.25, 0.3) is 12.3 Å². The van der Waals surface area contributed by atoms with Crippen molar-refractivity contribution in [2.45, 2.75) is 0 Å². The summed E-state index contributed by atoms with van der Waals surface area (Å²) in [6, 6.07) is 8.00. The monoisotopic (exact) mass is 233 g/mol. The smallest absolute Gasteiger partial charge is 0.0469 e. The lowest BCUT2D eigenvalue weighted by Crippen LogP contribution is -2.17. The fourth-order valence-electron chi connectivity index (χ4n) is 1.64. The van der Waals surface area contributed by atoms with Gasteiger partial charge >= 0.3 is 0 Å². The summed E-state index contributed by atoms with van der Waals surface area (Å²) in [5, 5.41) is 7.36. The molecule has 0 radical (unpaired) electrons. The van der Waals surface area contributed by atoms with Crippen LogP contribution >= 0.6 is 22.9 Å². The Balaban J connectivity index is 2.31. The van der Waals surface area contributed by atoms with Gasteiger partial charge in [-0.05, 0) is 35.2 Å². The van der Waals surface area contributed by atoms with Gasteiger partial charge in [-0.15, -0.1) is 11.3 Å². The first-order valence-electron chi connectivity index (χ1n) is 4.64. The van der Waals surface area contributed by atoms with Gasteiger partial charge in [0, 0.05) is 26.7 Å². The second-order valence-electron chi connectivity index (χ2n) is 3.40. The zero-order chi connectivity index (χ0) is 10.3. The summed E-state index contributed by atoms with van der Waals surface area (Å²) in [5.41, 5.74) is 2.24. The Morgan fingerprint density at radius 1 is 1.20 bits per heavy atom. The van der Waals surface area contributed by atoms with Gasteiger partial charge < -0.3 is 5.32 Å². The van der Waals surface area contributed by atoms with Crippen LogP contribution in [-0.2, 0) is 0 Å². The van der Waals surface area contributed by atoms with Crippen LogP contribution in [0.2, 0.25) is 5.02 Å². The van der Waals surface area contributed by atoms with Crippen LogP contribution in [0.5, 0.6) is 0 Å². The maximum atomic E-state index is 5.95. The number of fused-ring (bicyclic) bond motifs is 2. The number of thiophene rings is 1. The van der Waals surface area contributed by atoms with Crippen molar-refractivity contribution in [1.82, 2.24) is 0 Å². The van der Waals surface area contributed by atoms with Crippen LogP contribution in [-0.4, -0.2) is 0 Å². The third-order valence-corrected chi connectivity index (χ3v) is 3.53. The van der Waals surface area contributed by atoms with E-state index in [9.17, 15) is 0 Å². The van der Waals surface area contributed by atoms with E-state index in [1.54, 1.807) is 11.3 Å². The van der Waals surface area contributed by atoms with Crippen molar-refractivity contribution in [1.29, 1.82) is 0 Å².